The van der Waals surface area contributed by atoms with E-state index >= 15 is 0 Å². The van der Waals surface area contributed by atoms with E-state index < -0.39 is 0 Å². The molecule has 0 nitrogen and oxygen atoms in total. The molecule has 1 aliphatic rings. The monoisotopic (exact) mass is 86.0 g/mol. The molecule has 5 heavy (non-hydrogen) atoms. The standard InChI is InChI=1S/C4H7P/c5-4-2-1-3-4/h5H,1-3H2. The Hall–Kier alpha value is 0.170. The molecule has 1 fully saturated rings. The van der Waals surface area contributed by atoms with Crippen LogP contribution in [0.25, 0.3) is 0 Å². The Morgan fingerprint density at radius 1 is 1.40 bits per heavy atom. The van der Waals surface area contributed by atoms with E-state index in [4.69, 9.17) is 0 Å². The second-order valence-corrected chi connectivity index (χ2v) is 2.16. The van der Waals surface area contributed by atoms with Crippen LogP contribution in [0.15, 0.2) is 0 Å². The topological polar surface area (TPSA) is 0 Å². The van der Waals surface area contributed by atoms with Crippen molar-refractivity contribution in [2.24, 2.45) is 0 Å². The SMILES string of the molecule is P=C1CCC1. The van der Waals surface area contributed by atoms with E-state index in [2.05, 4.69) is 8.86 Å². The zero-order chi connectivity index (χ0) is 3.70. The molecule has 0 aromatic carbocycles. The molecule has 0 unspecified atom stereocenters. The molecule has 0 bridgehead atoms. The lowest BCUT2D eigenvalue weighted by molar-refractivity contribution is 0.825. The Labute approximate surface area is 34.4 Å². The molecule has 1 aliphatic carbocycles. The summed E-state index contributed by atoms with van der Waals surface area (Å²) in [5.41, 5.74) is 0. The van der Waals surface area contributed by atoms with Gasteiger partial charge >= 0.3 is 0 Å². The normalized spacial score (nSPS) is 22.0. The van der Waals surface area contributed by atoms with Crippen molar-refractivity contribution in [2.45, 2.75) is 19.3 Å². The lowest BCUT2D eigenvalue weighted by Crippen LogP contribution is -2.03. The average molecular weight is 86.1 g/mol. The van der Waals surface area contributed by atoms with Gasteiger partial charge in [0, 0.05) is 0 Å². The van der Waals surface area contributed by atoms with Gasteiger partial charge in [0.25, 0.3) is 0 Å². The molecule has 0 aromatic rings. The minimum Gasteiger partial charge on any atom is -0.123 e. The Morgan fingerprint density at radius 2 is 1.80 bits per heavy atom. The zero-order valence-corrected chi connectivity index (χ0v) is 4.12. The van der Waals surface area contributed by atoms with Gasteiger partial charge in [0.2, 0.25) is 0 Å². The minimum atomic E-state index is 1.32. The summed E-state index contributed by atoms with van der Waals surface area (Å²) in [5.74, 6) is 0. The van der Waals surface area contributed by atoms with Crippen molar-refractivity contribution in [3.8, 4) is 0 Å². The molecule has 1 rings (SSSR count). The van der Waals surface area contributed by atoms with Gasteiger partial charge in [-0.2, -0.15) is 0 Å². The first-order valence-corrected chi connectivity index (χ1v) is 2.46. The molecule has 1 heteroatoms. The van der Waals surface area contributed by atoms with Gasteiger partial charge in [0.1, 0.15) is 0 Å². The van der Waals surface area contributed by atoms with Crippen LogP contribution in [0.2, 0.25) is 0 Å². The van der Waals surface area contributed by atoms with Gasteiger partial charge in [0.05, 0.1) is 0 Å². The van der Waals surface area contributed by atoms with E-state index in [1.807, 2.05) is 0 Å². The first-order chi connectivity index (χ1) is 2.39. The second kappa shape index (κ2) is 1.10. The maximum absolute atomic E-state index is 3.42. The van der Waals surface area contributed by atoms with E-state index in [0.29, 0.717) is 0 Å². The molecule has 1 saturated carbocycles. The Morgan fingerprint density at radius 3 is 1.80 bits per heavy atom. The van der Waals surface area contributed by atoms with Crippen LogP contribution in [0.5, 0.6) is 0 Å². The first-order valence-electron chi connectivity index (χ1n) is 1.96. The molecule has 0 atom stereocenters. The van der Waals surface area contributed by atoms with Crippen molar-refractivity contribution in [1.82, 2.24) is 0 Å². The highest BCUT2D eigenvalue weighted by Crippen LogP contribution is 2.14. The molecule has 0 heterocycles. The Bertz CT molecular complexity index is 50.7. The molecule has 0 aliphatic heterocycles. The van der Waals surface area contributed by atoms with Gasteiger partial charge in [-0.1, -0.05) is 5.29 Å². The summed E-state index contributed by atoms with van der Waals surface area (Å²) in [6, 6.07) is 0. The van der Waals surface area contributed by atoms with Crippen LogP contribution >= 0.6 is 8.86 Å². The minimum absolute atomic E-state index is 1.32. The van der Waals surface area contributed by atoms with Crippen LogP contribution < -0.4 is 0 Å². The molecule has 0 saturated heterocycles. The predicted molar refractivity (Wildman–Crippen MR) is 27.2 cm³/mol. The molecule has 0 N–H and O–H groups in total. The molecule has 0 radical (unpaired) electrons. The lowest BCUT2D eigenvalue weighted by Gasteiger charge is -2.11. The maximum Gasteiger partial charge on any atom is -0.0276 e. The number of hydrogen-bond donors (Lipinski definition) is 0. The third-order valence-corrected chi connectivity index (χ3v) is 1.46. The molecular weight excluding hydrogens is 79.0 g/mol. The molecular formula is C4H7P. The highest BCUT2D eigenvalue weighted by Gasteiger charge is 2.03. The number of hydrogen-bond acceptors (Lipinski definition) is 0. The van der Waals surface area contributed by atoms with Crippen LogP contribution in [0, 0.1) is 0 Å². The Kier molecular flexibility index (Phi) is 0.740. The van der Waals surface area contributed by atoms with E-state index in [9.17, 15) is 0 Å². The second-order valence-electron chi connectivity index (χ2n) is 1.46. The third-order valence-electron chi connectivity index (χ3n) is 0.957. The smallest absolute Gasteiger partial charge is 0.0276 e. The van der Waals surface area contributed by atoms with E-state index in [1.54, 1.807) is 0 Å². The van der Waals surface area contributed by atoms with Gasteiger partial charge in [-0.3, -0.25) is 0 Å². The summed E-state index contributed by atoms with van der Waals surface area (Å²) >= 11 is 0. The summed E-state index contributed by atoms with van der Waals surface area (Å²) in [4.78, 5) is 0. The van der Waals surface area contributed by atoms with Gasteiger partial charge in [0.15, 0.2) is 0 Å². The molecule has 0 aromatic heterocycles. The predicted octanol–water partition coefficient (Wildman–Crippen LogP) is 1.49. The third kappa shape index (κ3) is 0.516. The van der Waals surface area contributed by atoms with Crippen molar-refractivity contribution >= 4 is 14.2 Å². The zero-order valence-electron chi connectivity index (χ0n) is 3.12. The number of rotatable bonds is 0. The van der Waals surface area contributed by atoms with Gasteiger partial charge in [-0.05, 0) is 19.3 Å². The van der Waals surface area contributed by atoms with Crippen LogP contribution in [0.3, 0.4) is 0 Å². The maximum atomic E-state index is 3.42. The summed E-state index contributed by atoms with van der Waals surface area (Å²) in [6.07, 6.45) is 4.03. The van der Waals surface area contributed by atoms with E-state index in [0.717, 1.165) is 0 Å². The average Bonchev–Trinajstić information content (AvgIpc) is 1.30. The van der Waals surface area contributed by atoms with Crippen LogP contribution in [0.4, 0.5) is 0 Å². The van der Waals surface area contributed by atoms with Gasteiger partial charge < -0.3 is 0 Å². The highest BCUT2D eigenvalue weighted by molar-refractivity contribution is 7.21. The van der Waals surface area contributed by atoms with Crippen molar-refractivity contribution in [3.05, 3.63) is 0 Å². The van der Waals surface area contributed by atoms with Crippen LogP contribution in [0.1, 0.15) is 19.3 Å². The summed E-state index contributed by atoms with van der Waals surface area (Å²) in [5, 5.41) is 1.49. The fraction of sp³-hybridized carbons (Fsp3) is 0.750. The molecule has 0 spiro atoms. The van der Waals surface area contributed by atoms with Crippen molar-refractivity contribution in [3.63, 3.8) is 0 Å². The molecule has 0 amide bonds. The quantitative estimate of drug-likeness (QED) is 0.392. The van der Waals surface area contributed by atoms with Crippen molar-refractivity contribution in [1.29, 1.82) is 0 Å². The van der Waals surface area contributed by atoms with E-state index in [-0.39, 0.29) is 0 Å². The summed E-state index contributed by atoms with van der Waals surface area (Å²) < 4.78 is 0. The fourth-order valence-electron chi connectivity index (χ4n) is 0.354. The van der Waals surface area contributed by atoms with E-state index in [1.165, 1.54) is 24.6 Å². The first kappa shape index (κ1) is 3.36. The summed E-state index contributed by atoms with van der Waals surface area (Å²) in [6.45, 7) is 0. The summed E-state index contributed by atoms with van der Waals surface area (Å²) in [7, 11) is 3.42. The highest BCUT2D eigenvalue weighted by atomic mass is 31.0. The van der Waals surface area contributed by atoms with Crippen LogP contribution in [-0.4, -0.2) is 5.29 Å². The van der Waals surface area contributed by atoms with Crippen molar-refractivity contribution < 1.29 is 0 Å². The van der Waals surface area contributed by atoms with Crippen molar-refractivity contribution in [2.75, 3.05) is 0 Å². The fourth-order valence-corrected chi connectivity index (χ4v) is 0.707. The largest absolute Gasteiger partial charge is 0.123 e. The van der Waals surface area contributed by atoms with Crippen LogP contribution in [-0.2, 0) is 0 Å². The lowest BCUT2D eigenvalue weighted by atomic mass is 10.0. The van der Waals surface area contributed by atoms with Gasteiger partial charge in [-0.25, -0.2) is 0 Å². The molecule has 28 valence electrons. The van der Waals surface area contributed by atoms with Gasteiger partial charge in [-0.15, -0.1) is 8.86 Å². The Balaban J connectivity index is 2.32.